The van der Waals surface area contributed by atoms with E-state index in [-0.39, 0.29) is 0 Å². The van der Waals surface area contributed by atoms with E-state index >= 15 is 0 Å². The van der Waals surface area contributed by atoms with E-state index in [0.29, 0.717) is 5.56 Å². The summed E-state index contributed by atoms with van der Waals surface area (Å²) in [6.45, 7) is 0.992. The van der Waals surface area contributed by atoms with Crippen LogP contribution in [0.25, 0.3) is 0 Å². The van der Waals surface area contributed by atoms with Gasteiger partial charge in [-0.1, -0.05) is 30.3 Å². The summed E-state index contributed by atoms with van der Waals surface area (Å²) < 4.78 is 4.59. The molecule has 88 valence electrons. The van der Waals surface area contributed by atoms with E-state index < -0.39 is 24.1 Å². The molecule has 0 aliphatic rings. The zero-order valence-electron chi connectivity index (χ0n) is 9.38. The average molecular weight is 224 g/mol. The number of benzene rings is 1. The number of esters is 1. The van der Waals surface area contributed by atoms with Gasteiger partial charge in [-0.3, -0.25) is 4.79 Å². The molecule has 0 radical (unpaired) electrons. The van der Waals surface area contributed by atoms with Crippen molar-refractivity contribution in [2.24, 2.45) is 5.41 Å². The van der Waals surface area contributed by atoms with Crippen molar-refractivity contribution in [2.75, 3.05) is 13.7 Å². The van der Waals surface area contributed by atoms with Gasteiger partial charge in [0.15, 0.2) is 0 Å². The summed E-state index contributed by atoms with van der Waals surface area (Å²) in [5.74, 6) is -0.633. The quantitative estimate of drug-likeness (QED) is 0.745. The zero-order valence-corrected chi connectivity index (χ0v) is 9.38. The highest BCUT2D eigenvalue weighted by Crippen LogP contribution is 2.34. The first-order chi connectivity index (χ1) is 7.56. The molecule has 1 aromatic carbocycles. The normalized spacial score (nSPS) is 16.2. The van der Waals surface area contributed by atoms with Crippen molar-refractivity contribution >= 4 is 5.97 Å². The lowest BCUT2D eigenvalue weighted by molar-refractivity contribution is -0.163. The summed E-state index contributed by atoms with van der Waals surface area (Å²) in [5, 5.41) is 19.3. The third kappa shape index (κ3) is 2.23. The fourth-order valence-electron chi connectivity index (χ4n) is 1.50. The maximum Gasteiger partial charge on any atom is 0.316 e. The SMILES string of the molecule is COC(=O)C(C)(CO)C(O)c1ccccc1. The molecular formula is C12H16O4. The first-order valence-electron chi connectivity index (χ1n) is 4.98. The van der Waals surface area contributed by atoms with Crippen LogP contribution in [0.3, 0.4) is 0 Å². The van der Waals surface area contributed by atoms with Crippen LogP contribution in [0.5, 0.6) is 0 Å². The molecule has 0 bridgehead atoms. The molecule has 0 saturated carbocycles. The predicted molar refractivity (Wildman–Crippen MR) is 58.6 cm³/mol. The number of carbonyl (C=O) groups excluding carboxylic acids is 1. The zero-order chi connectivity index (χ0) is 12.2. The summed E-state index contributed by atoms with van der Waals surface area (Å²) in [6, 6.07) is 8.72. The minimum absolute atomic E-state index is 0.476. The Balaban J connectivity index is 3.02. The van der Waals surface area contributed by atoms with E-state index in [1.807, 2.05) is 6.07 Å². The number of aliphatic hydroxyl groups is 2. The average Bonchev–Trinajstić information content (AvgIpc) is 2.36. The van der Waals surface area contributed by atoms with Crippen molar-refractivity contribution < 1.29 is 19.7 Å². The highest BCUT2D eigenvalue weighted by atomic mass is 16.5. The third-order valence-electron chi connectivity index (χ3n) is 2.70. The van der Waals surface area contributed by atoms with Crippen LogP contribution in [-0.4, -0.2) is 29.9 Å². The Labute approximate surface area is 94.5 Å². The minimum atomic E-state index is -1.34. The Bertz CT molecular complexity index is 349. The van der Waals surface area contributed by atoms with E-state index in [4.69, 9.17) is 0 Å². The van der Waals surface area contributed by atoms with Gasteiger partial charge in [0, 0.05) is 0 Å². The third-order valence-corrected chi connectivity index (χ3v) is 2.70. The van der Waals surface area contributed by atoms with Crippen molar-refractivity contribution in [1.82, 2.24) is 0 Å². The number of aliphatic hydroxyl groups excluding tert-OH is 2. The van der Waals surface area contributed by atoms with Crippen LogP contribution in [0.4, 0.5) is 0 Å². The highest BCUT2D eigenvalue weighted by Gasteiger charge is 2.42. The van der Waals surface area contributed by atoms with Gasteiger partial charge >= 0.3 is 5.97 Å². The number of carbonyl (C=O) groups is 1. The maximum atomic E-state index is 11.5. The molecule has 2 atom stereocenters. The molecule has 16 heavy (non-hydrogen) atoms. The molecule has 1 aromatic rings. The fraction of sp³-hybridized carbons (Fsp3) is 0.417. The van der Waals surface area contributed by atoms with Gasteiger partial charge in [0.05, 0.1) is 19.8 Å². The van der Waals surface area contributed by atoms with E-state index in [9.17, 15) is 15.0 Å². The standard InChI is InChI=1S/C12H16O4/c1-12(8-13,11(15)16-2)10(14)9-6-4-3-5-7-9/h3-7,10,13-14H,8H2,1-2H3. The van der Waals surface area contributed by atoms with Gasteiger partial charge in [0.2, 0.25) is 0 Å². The Morgan fingerprint density at radius 3 is 2.44 bits per heavy atom. The number of ether oxygens (including phenoxy) is 1. The van der Waals surface area contributed by atoms with E-state index in [1.54, 1.807) is 24.3 Å². The molecule has 0 spiro atoms. The van der Waals surface area contributed by atoms with Crippen LogP contribution in [0.1, 0.15) is 18.6 Å². The number of methoxy groups -OCH3 is 1. The van der Waals surface area contributed by atoms with Crippen molar-refractivity contribution in [3.8, 4) is 0 Å². The Hall–Kier alpha value is -1.39. The maximum absolute atomic E-state index is 11.5. The molecule has 4 nitrogen and oxygen atoms in total. The van der Waals surface area contributed by atoms with Crippen LogP contribution in [-0.2, 0) is 9.53 Å². The van der Waals surface area contributed by atoms with Gasteiger partial charge in [0.25, 0.3) is 0 Å². The van der Waals surface area contributed by atoms with Crippen LogP contribution in [0, 0.1) is 5.41 Å². The van der Waals surface area contributed by atoms with E-state index in [0.717, 1.165) is 0 Å². The van der Waals surface area contributed by atoms with Crippen LogP contribution in [0.2, 0.25) is 0 Å². The smallest absolute Gasteiger partial charge is 0.316 e. The second-order valence-corrected chi connectivity index (χ2v) is 3.88. The fourth-order valence-corrected chi connectivity index (χ4v) is 1.50. The topological polar surface area (TPSA) is 66.8 Å². The van der Waals surface area contributed by atoms with Crippen LogP contribution < -0.4 is 0 Å². The molecule has 0 aromatic heterocycles. The largest absolute Gasteiger partial charge is 0.468 e. The van der Waals surface area contributed by atoms with Crippen molar-refractivity contribution in [1.29, 1.82) is 0 Å². The van der Waals surface area contributed by atoms with E-state index in [2.05, 4.69) is 4.74 Å². The molecular weight excluding hydrogens is 208 g/mol. The van der Waals surface area contributed by atoms with Crippen molar-refractivity contribution in [2.45, 2.75) is 13.0 Å². The summed E-state index contributed by atoms with van der Waals surface area (Å²) >= 11 is 0. The lowest BCUT2D eigenvalue weighted by Crippen LogP contribution is -2.39. The second-order valence-electron chi connectivity index (χ2n) is 3.88. The van der Waals surface area contributed by atoms with Gasteiger partial charge in [-0.15, -0.1) is 0 Å². The first kappa shape index (κ1) is 12.7. The number of hydrogen-bond acceptors (Lipinski definition) is 4. The molecule has 0 fully saturated rings. The van der Waals surface area contributed by atoms with Gasteiger partial charge in [-0.25, -0.2) is 0 Å². The minimum Gasteiger partial charge on any atom is -0.468 e. The molecule has 0 heterocycles. The molecule has 2 N–H and O–H groups in total. The van der Waals surface area contributed by atoms with E-state index in [1.165, 1.54) is 14.0 Å². The molecule has 4 heteroatoms. The molecule has 2 unspecified atom stereocenters. The van der Waals surface area contributed by atoms with Crippen LogP contribution >= 0.6 is 0 Å². The second kappa shape index (κ2) is 5.09. The van der Waals surface area contributed by atoms with Crippen molar-refractivity contribution in [3.05, 3.63) is 35.9 Å². The summed E-state index contributed by atoms with van der Waals surface area (Å²) in [4.78, 5) is 11.5. The first-order valence-corrected chi connectivity index (χ1v) is 4.98. The molecule has 0 aliphatic carbocycles. The van der Waals surface area contributed by atoms with Gasteiger partial charge in [-0.05, 0) is 12.5 Å². The summed E-state index contributed by atoms with van der Waals surface area (Å²) in [7, 11) is 1.23. The lowest BCUT2D eigenvalue weighted by Gasteiger charge is -2.29. The summed E-state index contributed by atoms with van der Waals surface area (Å²) in [6.07, 6.45) is -1.09. The summed E-state index contributed by atoms with van der Waals surface area (Å²) in [5.41, 5.74) is -0.764. The number of rotatable bonds is 4. The Kier molecular flexibility index (Phi) is 4.04. The van der Waals surface area contributed by atoms with Crippen molar-refractivity contribution in [3.63, 3.8) is 0 Å². The molecule has 1 rings (SSSR count). The monoisotopic (exact) mass is 224 g/mol. The lowest BCUT2D eigenvalue weighted by atomic mass is 9.81. The predicted octanol–water partition coefficient (Wildman–Crippen LogP) is 0.892. The Morgan fingerprint density at radius 2 is 2.00 bits per heavy atom. The molecule has 0 amide bonds. The molecule has 0 aliphatic heterocycles. The van der Waals surface area contributed by atoms with Crippen LogP contribution in [0.15, 0.2) is 30.3 Å². The highest BCUT2D eigenvalue weighted by molar-refractivity contribution is 5.77. The molecule has 0 saturated heterocycles. The number of hydrogen-bond donors (Lipinski definition) is 2. The Morgan fingerprint density at radius 1 is 1.44 bits per heavy atom. The van der Waals surface area contributed by atoms with Gasteiger partial charge in [0.1, 0.15) is 5.41 Å². The van der Waals surface area contributed by atoms with Gasteiger partial charge < -0.3 is 14.9 Å². The van der Waals surface area contributed by atoms with Gasteiger partial charge in [-0.2, -0.15) is 0 Å².